The van der Waals surface area contributed by atoms with Crippen molar-refractivity contribution in [1.82, 2.24) is 25.4 Å². The average molecular weight is 919 g/mol. The van der Waals surface area contributed by atoms with Gasteiger partial charge in [-0.2, -0.15) is 0 Å². The monoisotopic (exact) mass is 919 g/mol. The topological polar surface area (TPSA) is 162 Å². The van der Waals surface area contributed by atoms with Gasteiger partial charge in [0.2, 0.25) is 0 Å². The number of nitrogens with one attached hydrogen (secondary N) is 3. The highest BCUT2D eigenvalue weighted by Gasteiger charge is 2.41. The minimum absolute atomic E-state index is 0.289. The van der Waals surface area contributed by atoms with Gasteiger partial charge >= 0.3 is 0 Å². The van der Waals surface area contributed by atoms with Gasteiger partial charge in [0.05, 0.1) is 64.0 Å². The number of likely N-dealkylation sites (tertiary alicyclic amines) is 2. The van der Waals surface area contributed by atoms with E-state index in [1.807, 2.05) is 17.9 Å². The fourth-order valence-corrected chi connectivity index (χ4v) is 8.38. The number of piperazine rings is 1. The number of aldehydes is 2. The first-order valence-corrected chi connectivity index (χ1v) is 23.2. The molecule has 0 amide bonds. The normalized spacial score (nSPS) is 18.4. The first kappa shape index (κ1) is 51.8. The number of ether oxygens (including phenoxy) is 3. The van der Waals surface area contributed by atoms with Gasteiger partial charge < -0.3 is 45.0 Å². The minimum Gasteiger partial charge on any atom is -0.383 e. The summed E-state index contributed by atoms with van der Waals surface area (Å²) in [5.74, 6) is 6.25. The van der Waals surface area contributed by atoms with E-state index in [9.17, 15) is 9.59 Å². The number of hydrogen-bond donors (Lipinski definition) is 4. The second kappa shape index (κ2) is 26.2. The lowest BCUT2D eigenvalue weighted by atomic mass is 9.82. The van der Waals surface area contributed by atoms with E-state index in [-0.39, 0.29) is 22.6 Å². The summed E-state index contributed by atoms with van der Waals surface area (Å²) < 4.78 is 48.5. The molecule has 5 N–H and O–H groups in total. The first-order chi connectivity index (χ1) is 31.9. The fourth-order valence-electron chi connectivity index (χ4n) is 8.38. The highest BCUT2D eigenvalue weighted by molar-refractivity contribution is 5.93. The third-order valence-electron chi connectivity index (χ3n) is 12.3. The summed E-state index contributed by atoms with van der Waals surface area (Å²) in [6.07, 6.45) is 13.2. The summed E-state index contributed by atoms with van der Waals surface area (Å²) in [4.78, 5) is 37.4. The molecule has 15 nitrogen and oxygen atoms in total. The molecule has 362 valence electrons. The van der Waals surface area contributed by atoms with Gasteiger partial charge in [0.1, 0.15) is 24.1 Å². The molecule has 3 aliphatic heterocycles. The van der Waals surface area contributed by atoms with Crippen molar-refractivity contribution in [3.8, 4) is 0 Å². The van der Waals surface area contributed by atoms with Crippen LogP contribution in [-0.4, -0.2) is 144 Å². The third-order valence-corrected chi connectivity index (χ3v) is 12.3. The summed E-state index contributed by atoms with van der Waals surface area (Å²) in [7, 11) is 0. The van der Waals surface area contributed by atoms with E-state index in [1.54, 1.807) is 35.6 Å². The number of carbonyl (C=O) groups is 2. The molecule has 0 saturated carbocycles. The van der Waals surface area contributed by atoms with E-state index in [0.717, 1.165) is 68.1 Å². The molecule has 3 fully saturated rings. The van der Waals surface area contributed by atoms with Crippen LogP contribution in [0, 0.1) is 17.0 Å². The van der Waals surface area contributed by atoms with Crippen LogP contribution in [0.2, 0.25) is 0 Å². The number of halogens is 2. The smallest absolute Gasteiger partial charge is 0.150 e. The Morgan fingerprint density at radius 3 is 2.32 bits per heavy atom. The Morgan fingerprint density at radius 2 is 1.64 bits per heavy atom. The lowest BCUT2D eigenvalue weighted by Gasteiger charge is -2.50. The van der Waals surface area contributed by atoms with Crippen LogP contribution in [0.1, 0.15) is 86.1 Å². The Morgan fingerprint density at radius 1 is 0.939 bits per heavy atom. The van der Waals surface area contributed by atoms with Crippen LogP contribution in [0.25, 0.3) is 0 Å². The number of benzene rings is 2. The van der Waals surface area contributed by atoms with Crippen molar-refractivity contribution < 1.29 is 32.6 Å². The Labute approximate surface area is 390 Å². The number of hydrazine groups is 1. The van der Waals surface area contributed by atoms with Crippen LogP contribution in [0.3, 0.4) is 0 Å². The Kier molecular flexibility index (Phi) is 20.6. The Hall–Kier alpha value is -5.20. The molecule has 0 radical (unpaired) electrons. The van der Waals surface area contributed by atoms with Gasteiger partial charge in [-0.25, -0.2) is 19.6 Å². The van der Waals surface area contributed by atoms with Gasteiger partial charge in [-0.05, 0) is 94.6 Å². The molecule has 2 aromatic carbocycles. The Balaban J connectivity index is 1.01. The van der Waals surface area contributed by atoms with Crippen molar-refractivity contribution in [2.75, 3.05) is 109 Å². The predicted molar refractivity (Wildman–Crippen MR) is 259 cm³/mol. The van der Waals surface area contributed by atoms with E-state index in [1.165, 1.54) is 12.1 Å². The zero-order chi connectivity index (χ0) is 47.4. The second-order valence-electron chi connectivity index (χ2n) is 18.0. The fraction of sp³-hybridized carbons (Fsp3) is 0.551. The highest BCUT2D eigenvalue weighted by Crippen LogP contribution is 2.35. The number of allylic oxidation sites excluding steroid dienone is 2. The average Bonchev–Trinajstić information content (AvgIpc) is 3.29. The summed E-state index contributed by atoms with van der Waals surface area (Å²) in [5.41, 5.74) is 4.00. The molecule has 0 unspecified atom stereocenters. The van der Waals surface area contributed by atoms with Gasteiger partial charge in [0.15, 0.2) is 12.6 Å². The van der Waals surface area contributed by atoms with Crippen molar-refractivity contribution in [3.63, 3.8) is 0 Å². The molecule has 0 aliphatic carbocycles. The van der Waals surface area contributed by atoms with Crippen LogP contribution in [-0.2, 0) is 20.8 Å². The molecule has 3 aliphatic rings. The summed E-state index contributed by atoms with van der Waals surface area (Å²) in [6.45, 7) is 20.7. The molecule has 0 bridgehead atoms. The first-order valence-electron chi connectivity index (χ1n) is 23.2. The molecule has 17 heteroatoms. The van der Waals surface area contributed by atoms with E-state index < -0.39 is 0 Å². The number of aliphatic imine (C=N–C) groups is 2. The zero-order valence-corrected chi connectivity index (χ0v) is 39.5. The molecule has 1 spiro atoms. The number of piperidine rings is 2. The molecule has 66 heavy (non-hydrogen) atoms. The number of carbonyl (C=O) groups excluding carboxylic acids is 2. The van der Waals surface area contributed by atoms with Crippen molar-refractivity contribution in [3.05, 3.63) is 94.6 Å². The van der Waals surface area contributed by atoms with Gasteiger partial charge in [-0.1, -0.05) is 26.8 Å². The molecule has 3 heterocycles. The standard InChI is InChI=1S/C49H72F2N10O5/c1-6-7-43-33-60(46-30-44(50)40(29-45(46)51)32-58-17-11-48(3,4)12-18-58)36-49(57-43)13-19-59(20-14-49)47(10-15-53-5)56-37-55-38(2)31-61(52)21-23-65-25-27-66-26-24-64-22-16-54-42-9-8-39(34-62)41(28-42)35-63/h7-10,15,28-31,34-35,54-55,57H,5-6,11-14,16-27,32-33,36-37,52H2,1-4H3/b15-10-,38-31+,43-7-,56-47+. The van der Waals surface area contributed by atoms with E-state index >= 15 is 8.78 Å². The molecular formula is C49H72F2N10O5. The minimum atomic E-state index is -0.380. The van der Waals surface area contributed by atoms with Gasteiger partial charge in [-0.15, -0.1) is 0 Å². The molecule has 0 atom stereocenters. The number of nitrogens with zero attached hydrogens (tertiary/aromatic N) is 6. The summed E-state index contributed by atoms with van der Waals surface area (Å²) >= 11 is 0. The van der Waals surface area contributed by atoms with Crippen LogP contribution in [0.5, 0.6) is 0 Å². The van der Waals surface area contributed by atoms with E-state index in [0.29, 0.717) is 127 Å². The van der Waals surface area contributed by atoms with Gasteiger partial charge in [0, 0.05) is 85.0 Å². The van der Waals surface area contributed by atoms with Crippen LogP contribution < -0.4 is 26.7 Å². The van der Waals surface area contributed by atoms with Gasteiger partial charge in [0.25, 0.3) is 0 Å². The zero-order valence-electron chi connectivity index (χ0n) is 39.5. The molecule has 2 aromatic rings. The molecule has 5 rings (SSSR count). The van der Waals surface area contributed by atoms with E-state index in [4.69, 9.17) is 25.0 Å². The Bertz CT molecular complexity index is 2010. The number of nitrogens with two attached hydrogens (primary N) is 1. The largest absolute Gasteiger partial charge is 0.383 e. The van der Waals surface area contributed by atoms with Crippen molar-refractivity contribution in [2.45, 2.75) is 71.9 Å². The maximum atomic E-state index is 15.9. The van der Waals surface area contributed by atoms with Crippen molar-refractivity contribution in [2.24, 2.45) is 21.2 Å². The quantitative estimate of drug-likeness (QED) is 0.0226. The molecule has 3 saturated heterocycles. The second-order valence-corrected chi connectivity index (χ2v) is 18.0. The van der Waals surface area contributed by atoms with Gasteiger partial charge in [-0.3, -0.25) is 19.5 Å². The van der Waals surface area contributed by atoms with E-state index in [2.05, 4.69) is 64.3 Å². The lowest BCUT2D eigenvalue weighted by molar-refractivity contribution is 0.0139. The lowest BCUT2D eigenvalue weighted by Crippen LogP contribution is -2.63. The predicted octanol–water partition coefficient (Wildman–Crippen LogP) is 6.11. The van der Waals surface area contributed by atoms with Crippen LogP contribution in [0.15, 0.2) is 76.3 Å². The maximum Gasteiger partial charge on any atom is 0.150 e. The van der Waals surface area contributed by atoms with Crippen molar-refractivity contribution in [1.29, 1.82) is 0 Å². The van der Waals surface area contributed by atoms with Crippen LogP contribution in [0.4, 0.5) is 20.2 Å². The van der Waals surface area contributed by atoms with Crippen LogP contribution >= 0.6 is 0 Å². The van der Waals surface area contributed by atoms with Crippen molar-refractivity contribution >= 4 is 36.5 Å². The highest BCUT2D eigenvalue weighted by atomic mass is 19.1. The SMILES string of the molecule is C=N/C=C\C(=N/CN/C(C)=C/N(N)CCOCCOCCOCCNc1ccc(C=O)c(C=O)c1)N1CCC2(CC1)CN(c1cc(F)c(CN3CCC(C)(C)CC3)cc1F)C/C(=C/CC)N2. The number of anilines is 2. The third kappa shape index (κ3) is 16.3. The number of rotatable bonds is 25. The molecular weight excluding hydrogens is 847 g/mol. The summed E-state index contributed by atoms with van der Waals surface area (Å²) in [6, 6.07) is 7.81. The summed E-state index contributed by atoms with van der Waals surface area (Å²) in [5, 5.41) is 11.8. The number of hydrogen-bond acceptors (Lipinski definition) is 14. The number of amidine groups is 1. The molecule has 0 aromatic heterocycles. The maximum absolute atomic E-state index is 15.9.